The first-order valence-electron chi connectivity index (χ1n) is 7.84. The zero-order valence-electron chi connectivity index (χ0n) is 13.0. The van der Waals surface area contributed by atoms with Crippen molar-refractivity contribution in [2.24, 2.45) is 17.8 Å². The fourth-order valence-electron chi connectivity index (χ4n) is 2.77. The van der Waals surface area contributed by atoms with Crippen LogP contribution in [0.3, 0.4) is 0 Å². The summed E-state index contributed by atoms with van der Waals surface area (Å²) in [5, 5.41) is 12.7. The summed E-state index contributed by atoms with van der Waals surface area (Å²) < 4.78 is 5.64. The maximum Gasteiger partial charge on any atom is 0.239 e. The van der Waals surface area contributed by atoms with Crippen LogP contribution in [0.15, 0.2) is 12.1 Å². The minimum Gasteiger partial charge on any atom is -0.476 e. The highest BCUT2D eigenvalue weighted by Gasteiger charge is 2.26. The van der Waals surface area contributed by atoms with Crippen LogP contribution in [0.2, 0.25) is 0 Å². The van der Waals surface area contributed by atoms with Crippen LogP contribution in [-0.2, 0) is 0 Å². The summed E-state index contributed by atoms with van der Waals surface area (Å²) in [4.78, 5) is 4.44. The lowest BCUT2D eigenvalue weighted by molar-refractivity contribution is 0.199. The van der Waals surface area contributed by atoms with Crippen molar-refractivity contribution in [3.8, 4) is 5.88 Å². The average molecular weight is 293 g/mol. The van der Waals surface area contributed by atoms with Crippen LogP contribution in [0.4, 0.5) is 11.5 Å². The Morgan fingerprint density at radius 1 is 1.38 bits per heavy atom. The fraction of sp³-hybridized carbons (Fsp3) is 0.688. The third-order valence-electron chi connectivity index (χ3n) is 4.04. The smallest absolute Gasteiger partial charge is 0.239 e. The van der Waals surface area contributed by atoms with E-state index in [9.17, 15) is 5.11 Å². The third kappa shape index (κ3) is 4.49. The molecule has 1 aromatic rings. The maximum atomic E-state index is 9.36. The van der Waals surface area contributed by atoms with E-state index in [1.165, 1.54) is 12.8 Å². The molecule has 1 heterocycles. The number of aliphatic hydroxyl groups is 1. The van der Waals surface area contributed by atoms with Gasteiger partial charge in [0.2, 0.25) is 5.88 Å². The molecule has 118 valence electrons. The number of aliphatic hydroxyl groups excluding tert-OH is 1. The van der Waals surface area contributed by atoms with E-state index in [0.29, 0.717) is 35.9 Å². The summed E-state index contributed by atoms with van der Waals surface area (Å²) in [6.45, 7) is 5.91. The average Bonchev–Trinajstić information content (AvgIpc) is 2.92. The van der Waals surface area contributed by atoms with Crippen LogP contribution in [0.5, 0.6) is 5.88 Å². The van der Waals surface area contributed by atoms with Crippen molar-refractivity contribution >= 4 is 11.5 Å². The lowest BCUT2D eigenvalue weighted by Gasteiger charge is -2.18. The van der Waals surface area contributed by atoms with Gasteiger partial charge in [0.25, 0.3) is 0 Å². The number of aromatic nitrogens is 1. The van der Waals surface area contributed by atoms with Crippen LogP contribution in [0.25, 0.3) is 0 Å². The molecule has 0 aliphatic heterocycles. The Labute approximate surface area is 126 Å². The molecule has 0 saturated heterocycles. The van der Waals surface area contributed by atoms with E-state index in [1.54, 1.807) is 0 Å². The first-order valence-corrected chi connectivity index (χ1v) is 7.84. The van der Waals surface area contributed by atoms with Gasteiger partial charge in [0.1, 0.15) is 5.82 Å². The zero-order valence-corrected chi connectivity index (χ0v) is 13.0. The summed E-state index contributed by atoms with van der Waals surface area (Å²) in [5.74, 6) is 2.66. The number of pyridine rings is 1. The predicted molar refractivity (Wildman–Crippen MR) is 85.4 cm³/mol. The number of hydrogen-bond donors (Lipinski definition) is 3. The molecule has 5 nitrogen and oxygen atoms in total. The van der Waals surface area contributed by atoms with Gasteiger partial charge in [0.15, 0.2) is 0 Å². The molecule has 2 rings (SSSR count). The minimum atomic E-state index is 0.282. The van der Waals surface area contributed by atoms with E-state index in [2.05, 4.69) is 24.1 Å². The lowest BCUT2D eigenvalue weighted by atomic mass is 9.97. The second kappa shape index (κ2) is 7.50. The quantitative estimate of drug-likeness (QED) is 0.720. The predicted octanol–water partition coefficient (Wildman–Crippen LogP) is 2.52. The van der Waals surface area contributed by atoms with Crippen molar-refractivity contribution in [3.05, 3.63) is 12.1 Å². The van der Waals surface area contributed by atoms with Crippen molar-refractivity contribution in [2.75, 3.05) is 30.8 Å². The zero-order chi connectivity index (χ0) is 15.2. The molecule has 0 bridgehead atoms. The number of nitrogens with two attached hydrogens (primary N) is 1. The molecule has 0 amide bonds. The van der Waals surface area contributed by atoms with Gasteiger partial charge in [0, 0.05) is 13.2 Å². The van der Waals surface area contributed by atoms with Gasteiger partial charge in [-0.2, -0.15) is 4.98 Å². The highest BCUT2D eigenvalue weighted by molar-refractivity contribution is 5.53. The molecule has 0 spiro atoms. The van der Waals surface area contributed by atoms with Gasteiger partial charge in [-0.3, -0.25) is 0 Å². The normalized spacial score (nSPS) is 21.7. The number of anilines is 2. The molecule has 1 fully saturated rings. The molecule has 0 aromatic carbocycles. The third-order valence-corrected chi connectivity index (χ3v) is 4.04. The molecule has 0 radical (unpaired) electrons. The number of hydrogen-bond acceptors (Lipinski definition) is 5. The SMILES string of the molecule is CC(C)COc1nc(NCC2CCCC2CO)ccc1N. The number of nitrogen functional groups attached to an aromatic ring is 1. The van der Waals surface area contributed by atoms with Gasteiger partial charge in [-0.25, -0.2) is 0 Å². The fourth-order valence-corrected chi connectivity index (χ4v) is 2.77. The molecule has 5 heteroatoms. The summed E-state index contributed by atoms with van der Waals surface area (Å²) in [5.41, 5.74) is 6.45. The van der Waals surface area contributed by atoms with E-state index in [-0.39, 0.29) is 6.61 Å². The number of rotatable bonds is 7. The van der Waals surface area contributed by atoms with Gasteiger partial charge >= 0.3 is 0 Å². The van der Waals surface area contributed by atoms with Crippen LogP contribution in [0, 0.1) is 17.8 Å². The molecule has 21 heavy (non-hydrogen) atoms. The van der Waals surface area contributed by atoms with Crippen molar-refractivity contribution in [1.82, 2.24) is 4.98 Å². The van der Waals surface area contributed by atoms with Crippen molar-refractivity contribution in [1.29, 1.82) is 0 Å². The van der Waals surface area contributed by atoms with Crippen LogP contribution < -0.4 is 15.8 Å². The molecule has 2 atom stereocenters. The Morgan fingerprint density at radius 3 is 2.86 bits per heavy atom. The molecule has 1 aliphatic rings. The Hall–Kier alpha value is -1.49. The monoisotopic (exact) mass is 293 g/mol. The van der Waals surface area contributed by atoms with Crippen LogP contribution >= 0.6 is 0 Å². The van der Waals surface area contributed by atoms with E-state index in [0.717, 1.165) is 18.8 Å². The van der Waals surface area contributed by atoms with Crippen LogP contribution in [-0.4, -0.2) is 29.8 Å². The molecular formula is C16H27N3O2. The summed E-state index contributed by atoms with van der Waals surface area (Å²) >= 11 is 0. The van der Waals surface area contributed by atoms with Gasteiger partial charge in [-0.15, -0.1) is 0 Å². The van der Waals surface area contributed by atoms with Gasteiger partial charge in [-0.1, -0.05) is 20.3 Å². The Morgan fingerprint density at radius 2 is 2.14 bits per heavy atom. The molecule has 1 aliphatic carbocycles. The second-order valence-corrected chi connectivity index (χ2v) is 6.31. The summed E-state index contributed by atoms with van der Waals surface area (Å²) in [6.07, 6.45) is 3.50. The molecule has 1 aromatic heterocycles. The number of ether oxygens (including phenoxy) is 1. The Balaban J connectivity index is 1.92. The van der Waals surface area contributed by atoms with Gasteiger partial charge in [-0.05, 0) is 42.7 Å². The molecule has 1 saturated carbocycles. The Kier molecular flexibility index (Phi) is 5.67. The van der Waals surface area contributed by atoms with Crippen molar-refractivity contribution < 1.29 is 9.84 Å². The summed E-state index contributed by atoms with van der Waals surface area (Å²) in [6, 6.07) is 3.70. The maximum absolute atomic E-state index is 9.36. The second-order valence-electron chi connectivity index (χ2n) is 6.31. The molecule has 2 unspecified atom stereocenters. The van der Waals surface area contributed by atoms with E-state index in [1.807, 2.05) is 12.1 Å². The van der Waals surface area contributed by atoms with E-state index in [4.69, 9.17) is 10.5 Å². The number of nitrogens with one attached hydrogen (secondary N) is 1. The minimum absolute atomic E-state index is 0.282. The van der Waals surface area contributed by atoms with Crippen molar-refractivity contribution in [2.45, 2.75) is 33.1 Å². The van der Waals surface area contributed by atoms with Gasteiger partial charge in [0.05, 0.1) is 12.3 Å². The van der Waals surface area contributed by atoms with E-state index >= 15 is 0 Å². The number of nitrogens with zero attached hydrogens (tertiary/aromatic N) is 1. The summed E-state index contributed by atoms with van der Waals surface area (Å²) in [7, 11) is 0. The highest BCUT2D eigenvalue weighted by atomic mass is 16.5. The molecular weight excluding hydrogens is 266 g/mol. The lowest BCUT2D eigenvalue weighted by Crippen LogP contribution is -2.21. The standard InChI is InChI=1S/C16H27N3O2/c1-11(2)10-21-16-14(17)6-7-15(19-16)18-8-12-4-3-5-13(12)9-20/h6-7,11-13,20H,3-5,8-10,17H2,1-2H3,(H,18,19). The first kappa shape index (κ1) is 15.9. The van der Waals surface area contributed by atoms with Gasteiger partial charge < -0.3 is 20.9 Å². The van der Waals surface area contributed by atoms with E-state index < -0.39 is 0 Å². The highest BCUT2D eigenvalue weighted by Crippen LogP contribution is 2.31. The molecule has 4 N–H and O–H groups in total. The first-order chi connectivity index (χ1) is 10.1. The largest absolute Gasteiger partial charge is 0.476 e. The van der Waals surface area contributed by atoms with Crippen LogP contribution in [0.1, 0.15) is 33.1 Å². The topological polar surface area (TPSA) is 80.4 Å². The Bertz CT molecular complexity index is 451. The van der Waals surface area contributed by atoms with Crippen molar-refractivity contribution in [3.63, 3.8) is 0 Å².